The molecule has 0 bridgehead atoms. The molecule has 0 spiro atoms. The minimum absolute atomic E-state index is 0.402. The average Bonchev–Trinajstić information content (AvgIpc) is 2.61. The lowest BCUT2D eigenvalue weighted by molar-refractivity contribution is 0.0242. The predicted octanol–water partition coefficient (Wildman–Crippen LogP) is 2.29. The monoisotopic (exact) mass is 342 g/mol. The lowest BCUT2D eigenvalue weighted by Crippen LogP contribution is -2.44. The van der Waals surface area contributed by atoms with E-state index >= 15 is 0 Å². The van der Waals surface area contributed by atoms with Gasteiger partial charge in [0, 0.05) is 32.7 Å². The highest BCUT2D eigenvalue weighted by Gasteiger charge is 2.28. The van der Waals surface area contributed by atoms with Gasteiger partial charge in [-0.25, -0.2) is 13.2 Å². The highest BCUT2D eigenvalue weighted by atomic mass is 19.2. The average molecular weight is 342 g/mol. The minimum Gasteiger partial charge on any atom is -0.379 e. The van der Waals surface area contributed by atoms with Crippen molar-refractivity contribution in [1.29, 1.82) is 0 Å². The first-order valence-electron chi connectivity index (χ1n) is 8.29. The van der Waals surface area contributed by atoms with Crippen LogP contribution in [-0.2, 0) is 4.74 Å². The summed E-state index contributed by atoms with van der Waals surface area (Å²) in [7, 11) is 0. The van der Waals surface area contributed by atoms with Gasteiger partial charge in [0.05, 0.1) is 18.8 Å². The van der Waals surface area contributed by atoms with Crippen LogP contribution in [0.1, 0.15) is 23.2 Å². The zero-order chi connectivity index (χ0) is 17.1. The molecule has 4 nitrogen and oxygen atoms in total. The fourth-order valence-corrected chi connectivity index (χ4v) is 3.33. The molecule has 2 heterocycles. The molecule has 24 heavy (non-hydrogen) atoms. The van der Waals surface area contributed by atoms with E-state index in [1.807, 2.05) is 0 Å². The van der Waals surface area contributed by atoms with Crippen molar-refractivity contribution in [2.24, 2.45) is 5.92 Å². The third-order valence-electron chi connectivity index (χ3n) is 4.79. The molecular weight excluding hydrogens is 321 g/mol. The summed E-state index contributed by atoms with van der Waals surface area (Å²) in [5.74, 6) is -4.37. The van der Waals surface area contributed by atoms with Gasteiger partial charge in [0.1, 0.15) is 0 Å². The van der Waals surface area contributed by atoms with Crippen LogP contribution in [0.25, 0.3) is 0 Å². The van der Waals surface area contributed by atoms with Gasteiger partial charge in [-0.2, -0.15) is 0 Å². The first kappa shape index (κ1) is 17.2. The molecule has 2 aliphatic heterocycles. The molecule has 0 atom stereocenters. The number of halogens is 3. The summed E-state index contributed by atoms with van der Waals surface area (Å²) in [5, 5.41) is 0. The van der Waals surface area contributed by atoms with E-state index in [0.29, 0.717) is 19.0 Å². The van der Waals surface area contributed by atoms with Crippen LogP contribution in [0.5, 0.6) is 0 Å². The van der Waals surface area contributed by atoms with Crippen molar-refractivity contribution in [2.75, 3.05) is 45.9 Å². The van der Waals surface area contributed by atoms with E-state index in [1.165, 1.54) is 4.90 Å². The maximum atomic E-state index is 13.8. The van der Waals surface area contributed by atoms with Crippen molar-refractivity contribution in [3.05, 3.63) is 35.1 Å². The first-order valence-corrected chi connectivity index (χ1v) is 8.29. The molecule has 7 heteroatoms. The van der Waals surface area contributed by atoms with Gasteiger partial charge in [-0.3, -0.25) is 9.69 Å². The van der Waals surface area contributed by atoms with E-state index in [4.69, 9.17) is 4.74 Å². The maximum Gasteiger partial charge on any atom is 0.256 e. The van der Waals surface area contributed by atoms with Crippen molar-refractivity contribution >= 4 is 5.91 Å². The standard InChI is InChI=1S/C17H21F3N2O2/c18-14-2-1-13(15(19)16(14)20)17(23)22-5-3-12(4-6-22)11-21-7-9-24-10-8-21/h1-2,12H,3-11H2. The molecule has 0 unspecified atom stereocenters. The maximum absolute atomic E-state index is 13.8. The number of morpholine rings is 1. The first-order chi connectivity index (χ1) is 11.6. The van der Waals surface area contributed by atoms with Gasteiger partial charge in [-0.05, 0) is 30.9 Å². The quantitative estimate of drug-likeness (QED) is 0.790. The van der Waals surface area contributed by atoms with E-state index in [1.54, 1.807) is 0 Å². The number of benzene rings is 1. The van der Waals surface area contributed by atoms with Crippen LogP contribution in [0.15, 0.2) is 12.1 Å². The van der Waals surface area contributed by atoms with Gasteiger partial charge in [0.15, 0.2) is 17.5 Å². The summed E-state index contributed by atoms with van der Waals surface area (Å²) in [6.45, 7) is 5.36. The third-order valence-corrected chi connectivity index (χ3v) is 4.79. The summed E-state index contributed by atoms with van der Waals surface area (Å²) in [4.78, 5) is 16.2. The van der Waals surface area contributed by atoms with E-state index in [9.17, 15) is 18.0 Å². The van der Waals surface area contributed by atoms with Gasteiger partial charge < -0.3 is 9.64 Å². The summed E-state index contributed by atoms with van der Waals surface area (Å²) < 4.78 is 45.4. The summed E-state index contributed by atoms with van der Waals surface area (Å²) in [6, 6.07) is 1.80. The molecule has 0 aromatic heterocycles. The Balaban J connectivity index is 1.56. The summed E-state index contributed by atoms with van der Waals surface area (Å²) >= 11 is 0. The van der Waals surface area contributed by atoms with Gasteiger partial charge in [0.25, 0.3) is 5.91 Å². The Labute approximate surface area is 139 Å². The fraction of sp³-hybridized carbons (Fsp3) is 0.588. The second-order valence-electron chi connectivity index (χ2n) is 6.37. The Hall–Kier alpha value is -1.60. The Morgan fingerprint density at radius 2 is 1.71 bits per heavy atom. The minimum atomic E-state index is -1.59. The zero-order valence-electron chi connectivity index (χ0n) is 13.4. The number of ether oxygens (including phenoxy) is 1. The molecule has 0 radical (unpaired) electrons. The number of carbonyl (C=O) groups is 1. The number of nitrogens with zero attached hydrogens (tertiary/aromatic N) is 2. The van der Waals surface area contributed by atoms with Crippen LogP contribution in [0.2, 0.25) is 0 Å². The highest BCUT2D eigenvalue weighted by Crippen LogP contribution is 2.22. The Kier molecular flexibility index (Phi) is 5.40. The molecule has 0 saturated carbocycles. The van der Waals surface area contributed by atoms with E-state index in [0.717, 1.165) is 57.8 Å². The number of likely N-dealkylation sites (tertiary alicyclic amines) is 1. The normalized spacial score (nSPS) is 20.4. The number of rotatable bonds is 3. The summed E-state index contributed by atoms with van der Waals surface area (Å²) in [5.41, 5.74) is -0.402. The molecule has 132 valence electrons. The van der Waals surface area contributed by atoms with Gasteiger partial charge in [0.2, 0.25) is 0 Å². The van der Waals surface area contributed by atoms with Gasteiger partial charge >= 0.3 is 0 Å². The molecule has 1 aromatic carbocycles. The third kappa shape index (κ3) is 3.72. The topological polar surface area (TPSA) is 32.8 Å². The molecule has 0 N–H and O–H groups in total. The van der Waals surface area contributed by atoms with Crippen molar-refractivity contribution < 1.29 is 22.7 Å². The van der Waals surface area contributed by atoms with Crippen LogP contribution in [-0.4, -0.2) is 61.6 Å². The number of hydrogen-bond acceptors (Lipinski definition) is 3. The molecule has 2 fully saturated rings. The summed E-state index contributed by atoms with van der Waals surface area (Å²) in [6.07, 6.45) is 1.66. The van der Waals surface area contributed by atoms with Crippen LogP contribution in [0.3, 0.4) is 0 Å². The number of piperidine rings is 1. The second-order valence-corrected chi connectivity index (χ2v) is 6.37. The van der Waals surface area contributed by atoms with Crippen LogP contribution in [0.4, 0.5) is 13.2 Å². The lowest BCUT2D eigenvalue weighted by atomic mass is 9.95. The Morgan fingerprint density at radius 3 is 2.38 bits per heavy atom. The molecular formula is C17H21F3N2O2. The smallest absolute Gasteiger partial charge is 0.256 e. The predicted molar refractivity (Wildman–Crippen MR) is 82.2 cm³/mol. The van der Waals surface area contributed by atoms with E-state index < -0.39 is 28.9 Å². The second kappa shape index (κ2) is 7.53. The number of amides is 1. The highest BCUT2D eigenvalue weighted by molar-refractivity contribution is 5.94. The number of hydrogen-bond donors (Lipinski definition) is 0. The lowest BCUT2D eigenvalue weighted by Gasteiger charge is -2.36. The van der Waals surface area contributed by atoms with Crippen LogP contribution >= 0.6 is 0 Å². The SMILES string of the molecule is O=C(c1ccc(F)c(F)c1F)N1CCC(CN2CCOCC2)CC1. The van der Waals surface area contributed by atoms with Crippen molar-refractivity contribution in [3.63, 3.8) is 0 Å². The molecule has 1 amide bonds. The molecule has 0 aliphatic carbocycles. The van der Waals surface area contributed by atoms with Crippen molar-refractivity contribution in [2.45, 2.75) is 12.8 Å². The molecule has 2 aliphatic rings. The molecule has 1 aromatic rings. The zero-order valence-corrected chi connectivity index (χ0v) is 13.4. The van der Waals surface area contributed by atoms with Gasteiger partial charge in [-0.15, -0.1) is 0 Å². The largest absolute Gasteiger partial charge is 0.379 e. The van der Waals surface area contributed by atoms with Crippen molar-refractivity contribution in [3.8, 4) is 0 Å². The van der Waals surface area contributed by atoms with Crippen LogP contribution in [0, 0.1) is 23.4 Å². The molecule has 3 rings (SSSR count). The molecule has 2 saturated heterocycles. The van der Waals surface area contributed by atoms with E-state index in [-0.39, 0.29) is 0 Å². The fourth-order valence-electron chi connectivity index (χ4n) is 3.33. The van der Waals surface area contributed by atoms with Crippen LogP contribution < -0.4 is 0 Å². The van der Waals surface area contributed by atoms with Gasteiger partial charge in [-0.1, -0.05) is 0 Å². The van der Waals surface area contributed by atoms with E-state index in [2.05, 4.69) is 4.90 Å². The van der Waals surface area contributed by atoms with Crippen molar-refractivity contribution in [1.82, 2.24) is 9.80 Å². The Morgan fingerprint density at radius 1 is 1.04 bits per heavy atom. The number of carbonyl (C=O) groups excluding carboxylic acids is 1. The Bertz CT molecular complexity index is 598.